The molecule has 1 aromatic carbocycles. The molecule has 102 valence electrons. The van der Waals surface area contributed by atoms with Crippen molar-refractivity contribution in [3.8, 4) is 0 Å². The van der Waals surface area contributed by atoms with E-state index < -0.39 is 5.91 Å². The summed E-state index contributed by atoms with van der Waals surface area (Å²) in [5.41, 5.74) is 13.4. The molecule has 0 unspecified atom stereocenters. The van der Waals surface area contributed by atoms with Crippen LogP contribution in [0, 0.1) is 0 Å². The molecule has 0 atom stereocenters. The van der Waals surface area contributed by atoms with Crippen molar-refractivity contribution in [3.05, 3.63) is 12.1 Å². The summed E-state index contributed by atoms with van der Waals surface area (Å²) in [4.78, 5) is 13.1. The highest BCUT2D eigenvalue weighted by molar-refractivity contribution is 5.96. The van der Waals surface area contributed by atoms with E-state index in [2.05, 4.69) is 17.2 Å². The zero-order valence-electron chi connectivity index (χ0n) is 10.8. The first kappa shape index (κ1) is 13.1. The molecule has 0 aliphatic heterocycles. The van der Waals surface area contributed by atoms with Crippen LogP contribution in [0.1, 0.15) is 19.8 Å². The van der Waals surface area contributed by atoms with Crippen LogP contribution in [0.25, 0.3) is 11.0 Å². The molecule has 0 fully saturated rings. The molecule has 0 spiro atoms. The minimum atomic E-state index is -0.391. The first-order valence-corrected chi connectivity index (χ1v) is 6.17. The Kier molecular flexibility index (Phi) is 3.84. The average Bonchev–Trinajstić information content (AvgIpc) is 2.85. The van der Waals surface area contributed by atoms with E-state index in [1.54, 1.807) is 12.1 Å². The number of carbonyl (C=O) groups excluding carboxylic acids is 1. The van der Waals surface area contributed by atoms with E-state index in [4.69, 9.17) is 16.1 Å². The fourth-order valence-electron chi connectivity index (χ4n) is 1.95. The molecule has 1 amide bonds. The fourth-order valence-corrected chi connectivity index (χ4v) is 1.95. The van der Waals surface area contributed by atoms with Crippen molar-refractivity contribution in [2.75, 3.05) is 23.7 Å². The number of nitrogens with two attached hydrogens (primary N) is 2. The van der Waals surface area contributed by atoms with Crippen LogP contribution in [0.2, 0.25) is 0 Å². The first-order valence-electron chi connectivity index (χ1n) is 6.17. The molecule has 0 radical (unpaired) electrons. The van der Waals surface area contributed by atoms with E-state index in [-0.39, 0.29) is 6.54 Å². The molecule has 1 heterocycles. The molecular weight excluding hydrogens is 246 g/mol. The van der Waals surface area contributed by atoms with Crippen molar-refractivity contribution in [3.63, 3.8) is 0 Å². The predicted octanol–water partition coefficient (Wildman–Crippen LogP) is 0.897. The van der Waals surface area contributed by atoms with Crippen LogP contribution >= 0.6 is 0 Å². The SMILES string of the molecule is CCCCN(CC(N)=O)c1ccc(N)c2nonc12. The molecule has 1 aromatic heterocycles. The van der Waals surface area contributed by atoms with Crippen molar-refractivity contribution in [2.24, 2.45) is 5.73 Å². The third-order valence-corrected chi connectivity index (χ3v) is 2.89. The van der Waals surface area contributed by atoms with Crippen LogP contribution < -0.4 is 16.4 Å². The Balaban J connectivity index is 2.40. The number of nitrogens with zero attached hydrogens (tertiary/aromatic N) is 3. The topological polar surface area (TPSA) is 111 Å². The molecule has 2 rings (SSSR count). The van der Waals surface area contributed by atoms with Gasteiger partial charge in [0.25, 0.3) is 0 Å². The number of rotatable bonds is 6. The van der Waals surface area contributed by atoms with Gasteiger partial charge in [0.1, 0.15) is 0 Å². The molecule has 0 bridgehead atoms. The second-order valence-electron chi connectivity index (χ2n) is 4.38. The monoisotopic (exact) mass is 263 g/mol. The summed E-state index contributed by atoms with van der Waals surface area (Å²) in [5.74, 6) is -0.391. The Morgan fingerprint density at radius 2 is 2.11 bits per heavy atom. The highest BCUT2D eigenvalue weighted by Gasteiger charge is 2.16. The Labute approximate surface area is 110 Å². The highest BCUT2D eigenvalue weighted by atomic mass is 16.6. The quantitative estimate of drug-likeness (QED) is 0.749. The maximum Gasteiger partial charge on any atom is 0.236 e. The number of carbonyl (C=O) groups is 1. The number of primary amides is 1. The van der Waals surface area contributed by atoms with Crippen molar-refractivity contribution < 1.29 is 9.42 Å². The Hall–Kier alpha value is -2.31. The maximum absolute atomic E-state index is 11.2. The number of amides is 1. The normalized spacial score (nSPS) is 10.8. The van der Waals surface area contributed by atoms with E-state index in [1.165, 1.54) is 0 Å². The Morgan fingerprint density at radius 3 is 2.79 bits per heavy atom. The third-order valence-electron chi connectivity index (χ3n) is 2.89. The minimum absolute atomic E-state index is 0.131. The van der Waals surface area contributed by atoms with Crippen LogP contribution in [0.5, 0.6) is 0 Å². The molecule has 19 heavy (non-hydrogen) atoms. The zero-order valence-corrected chi connectivity index (χ0v) is 10.8. The van der Waals surface area contributed by atoms with Gasteiger partial charge in [-0.2, -0.15) is 0 Å². The lowest BCUT2D eigenvalue weighted by Gasteiger charge is -2.23. The fraction of sp³-hybridized carbons (Fsp3) is 0.417. The molecule has 0 aliphatic carbocycles. The summed E-state index contributed by atoms with van der Waals surface area (Å²) < 4.78 is 4.72. The van der Waals surface area contributed by atoms with Gasteiger partial charge >= 0.3 is 0 Å². The number of hydrogen-bond acceptors (Lipinski definition) is 6. The molecule has 2 aromatic rings. The molecule has 7 heteroatoms. The highest BCUT2D eigenvalue weighted by Crippen LogP contribution is 2.28. The van der Waals surface area contributed by atoms with E-state index in [1.807, 2.05) is 4.90 Å². The summed E-state index contributed by atoms with van der Waals surface area (Å²) in [6.07, 6.45) is 1.97. The number of hydrogen-bond donors (Lipinski definition) is 2. The summed E-state index contributed by atoms with van der Waals surface area (Å²) in [5, 5.41) is 7.62. The van der Waals surface area contributed by atoms with Crippen LogP contribution in [-0.4, -0.2) is 29.3 Å². The summed E-state index contributed by atoms with van der Waals surface area (Å²) in [6.45, 7) is 2.93. The summed E-state index contributed by atoms with van der Waals surface area (Å²) >= 11 is 0. The van der Waals surface area contributed by atoms with E-state index in [0.717, 1.165) is 18.5 Å². The van der Waals surface area contributed by atoms with Gasteiger partial charge in [0.15, 0.2) is 11.0 Å². The average molecular weight is 263 g/mol. The van der Waals surface area contributed by atoms with Crippen molar-refractivity contribution in [1.29, 1.82) is 0 Å². The van der Waals surface area contributed by atoms with Crippen molar-refractivity contribution in [1.82, 2.24) is 10.3 Å². The molecule has 0 aliphatic rings. The maximum atomic E-state index is 11.2. The molecular formula is C12H17N5O2. The Bertz CT molecular complexity index is 581. The predicted molar refractivity (Wildman–Crippen MR) is 72.5 cm³/mol. The molecule has 0 saturated carbocycles. The number of benzene rings is 1. The van der Waals surface area contributed by atoms with E-state index in [9.17, 15) is 4.79 Å². The minimum Gasteiger partial charge on any atom is -0.397 e. The van der Waals surface area contributed by atoms with Gasteiger partial charge in [-0.3, -0.25) is 4.79 Å². The lowest BCUT2D eigenvalue weighted by molar-refractivity contribution is -0.116. The van der Waals surface area contributed by atoms with Gasteiger partial charge in [0.05, 0.1) is 17.9 Å². The first-order chi connectivity index (χ1) is 9.13. The van der Waals surface area contributed by atoms with Crippen LogP contribution in [0.15, 0.2) is 16.8 Å². The number of unbranched alkanes of at least 4 members (excludes halogenated alkanes) is 1. The molecule has 4 N–H and O–H groups in total. The third kappa shape index (κ3) is 2.75. The van der Waals surface area contributed by atoms with Crippen LogP contribution in [-0.2, 0) is 4.79 Å². The molecule has 7 nitrogen and oxygen atoms in total. The van der Waals surface area contributed by atoms with Gasteiger partial charge in [0, 0.05) is 6.54 Å². The van der Waals surface area contributed by atoms with E-state index in [0.29, 0.717) is 23.3 Å². The van der Waals surface area contributed by atoms with Crippen LogP contribution in [0.4, 0.5) is 11.4 Å². The second-order valence-corrected chi connectivity index (χ2v) is 4.38. The second kappa shape index (κ2) is 5.55. The lowest BCUT2D eigenvalue weighted by Crippen LogP contribution is -2.34. The van der Waals surface area contributed by atoms with Gasteiger partial charge < -0.3 is 16.4 Å². The van der Waals surface area contributed by atoms with Gasteiger partial charge in [-0.15, -0.1) is 0 Å². The van der Waals surface area contributed by atoms with Gasteiger partial charge in [-0.1, -0.05) is 13.3 Å². The van der Waals surface area contributed by atoms with Crippen molar-refractivity contribution >= 4 is 28.3 Å². The number of aromatic nitrogens is 2. The van der Waals surface area contributed by atoms with Gasteiger partial charge in [-0.25, -0.2) is 4.63 Å². The van der Waals surface area contributed by atoms with E-state index >= 15 is 0 Å². The number of nitrogen functional groups attached to an aromatic ring is 1. The number of anilines is 2. The lowest BCUT2D eigenvalue weighted by atomic mass is 10.2. The number of fused-ring (bicyclic) bond motifs is 1. The van der Waals surface area contributed by atoms with Crippen LogP contribution in [0.3, 0.4) is 0 Å². The van der Waals surface area contributed by atoms with Crippen molar-refractivity contribution in [2.45, 2.75) is 19.8 Å². The summed E-state index contributed by atoms with van der Waals surface area (Å²) in [6, 6.07) is 3.53. The smallest absolute Gasteiger partial charge is 0.236 e. The Morgan fingerprint density at radius 1 is 1.37 bits per heavy atom. The molecule has 0 saturated heterocycles. The standard InChI is InChI=1S/C12H17N5O2/c1-2-3-6-17(7-10(14)18)9-5-4-8(13)11-12(9)16-19-15-11/h4-5H,2-3,6-7,13H2,1H3,(H2,14,18). The largest absolute Gasteiger partial charge is 0.397 e. The van der Waals surface area contributed by atoms with Gasteiger partial charge in [0.2, 0.25) is 5.91 Å². The van der Waals surface area contributed by atoms with Gasteiger partial charge in [-0.05, 0) is 28.9 Å². The zero-order chi connectivity index (χ0) is 13.8. The summed E-state index contributed by atoms with van der Waals surface area (Å²) in [7, 11) is 0.